The number of rotatable bonds is 9. The Morgan fingerprint density at radius 2 is 1.83 bits per heavy atom. The van der Waals surface area contributed by atoms with Gasteiger partial charge in [-0.15, -0.1) is 0 Å². The minimum Gasteiger partial charge on any atom is -0.478 e. The summed E-state index contributed by atoms with van der Waals surface area (Å²) in [4.78, 5) is 41.8. The molecular weight excluding hydrogens is 450 g/mol. The van der Waals surface area contributed by atoms with Crippen LogP contribution in [0.4, 0.5) is 11.4 Å². The zero-order valence-electron chi connectivity index (χ0n) is 19.3. The Hall–Kier alpha value is -4.67. The Balaban J connectivity index is 1.92. The first-order valence-corrected chi connectivity index (χ1v) is 10.8. The predicted octanol–water partition coefficient (Wildman–Crippen LogP) is 1.61. The van der Waals surface area contributed by atoms with Gasteiger partial charge in [-0.25, -0.2) is 9.78 Å². The summed E-state index contributed by atoms with van der Waals surface area (Å²) >= 11 is 0. The number of amides is 1. The van der Waals surface area contributed by atoms with Gasteiger partial charge in [0.1, 0.15) is 23.9 Å². The van der Waals surface area contributed by atoms with Crippen molar-refractivity contribution in [1.82, 2.24) is 14.9 Å². The molecule has 0 aliphatic carbocycles. The lowest BCUT2D eigenvalue weighted by Gasteiger charge is -2.16. The maximum absolute atomic E-state index is 13.2. The number of anilines is 2. The molecule has 11 heteroatoms. The fraction of sp³-hybridized carbons (Fsp3) is 0.208. The molecule has 0 bridgehead atoms. The standard InChI is InChI=1S/C24H27N7O4/c1-13(2)30-19-11-29-22(16-7-17(24(34)35)9-18(25)8-16)31(23(19)33)12-20(32)28-10-14-3-5-15(6-4-14)21(26)27/h3-9,11,13,30H,10,12,25H2,1-2H3,(H3,26,27)(H,28,32)(H,34,35). The molecular formula is C24H27N7O4. The predicted molar refractivity (Wildman–Crippen MR) is 133 cm³/mol. The highest BCUT2D eigenvalue weighted by Crippen LogP contribution is 2.22. The number of nitrogens with one attached hydrogen (secondary N) is 3. The summed E-state index contributed by atoms with van der Waals surface area (Å²) in [6, 6.07) is 10.9. The van der Waals surface area contributed by atoms with Crippen LogP contribution in [-0.4, -0.2) is 38.4 Å². The summed E-state index contributed by atoms with van der Waals surface area (Å²) < 4.78 is 1.18. The van der Waals surface area contributed by atoms with E-state index in [9.17, 15) is 19.5 Å². The highest BCUT2D eigenvalue weighted by atomic mass is 16.4. The van der Waals surface area contributed by atoms with Crippen LogP contribution in [0.5, 0.6) is 0 Å². The molecule has 3 aromatic rings. The third-order valence-corrected chi connectivity index (χ3v) is 5.01. The van der Waals surface area contributed by atoms with Gasteiger partial charge in [-0.05, 0) is 37.6 Å². The van der Waals surface area contributed by atoms with Gasteiger partial charge in [0.15, 0.2) is 0 Å². The largest absolute Gasteiger partial charge is 0.478 e. The molecule has 11 nitrogen and oxygen atoms in total. The van der Waals surface area contributed by atoms with Crippen LogP contribution in [0.25, 0.3) is 11.4 Å². The van der Waals surface area contributed by atoms with Gasteiger partial charge in [0.05, 0.1) is 11.8 Å². The number of nitrogens with zero attached hydrogens (tertiary/aromatic N) is 2. The van der Waals surface area contributed by atoms with Gasteiger partial charge in [0, 0.05) is 29.4 Å². The first kappa shape index (κ1) is 25.0. The van der Waals surface area contributed by atoms with E-state index in [1.807, 2.05) is 13.8 Å². The second kappa shape index (κ2) is 10.5. The van der Waals surface area contributed by atoms with Crippen LogP contribution in [-0.2, 0) is 17.9 Å². The van der Waals surface area contributed by atoms with E-state index in [0.29, 0.717) is 11.1 Å². The fourth-order valence-corrected chi connectivity index (χ4v) is 3.39. The average Bonchev–Trinajstić information content (AvgIpc) is 2.80. The monoisotopic (exact) mass is 477 g/mol. The molecule has 8 N–H and O–H groups in total. The minimum atomic E-state index is -1.18. The third-order valence-electron chi connectivity index (χ3n) is 5.01. The molecule has 0 saturated carbocycles. The van der Waals surface area contributed by atoms with Crippen LogP contribution in [0.3, 0.4) is 0 Å². The maximum Gasteiger partial charge on any atom is 0.335 e. The number of hydrogen-bond donors (Lipinski definition) is 6. The van der Waals surface area contributed by atoms with E-state index in [4.69, 9.17) is 16.9 Å². The highest BCUT2D eigenvalue weighted by molar-refractivity contribution is 5.95. The van der Waals surface area contributed by atoms with E-state index in [1.165, 1.54) is 29.0 Å². The molecule has 0 unspecified atom stereocenters. The molecule has 1 amide bonds. The number of benzene rings is 2. The molecule has 0 spiro atoms. The lowest BCUT2D eigenvalue weighted by Crippen LogP contribution is -2.35. The molecule has 0 atom stereocenters. The number of nitrogens with two attached hydrogens (primary N) is 2. The Morgan fingerprint density at radius 1 is 1.14 bits per heavy atom. The first-order valence-electron chi connectivity index (χ1n) is 10.8. The normalized spacial score (nSPS) is 10.7. The zero-order chi connectivity index (χ0) is 25.7. The molecule has 0 aliphatic heterocycles. The number of carbonyl (C=O) groups is 2. The second-order valence-electron chi connectivity index (χ2n) is 8.22. The second-order valence-corrected chi connectivity index (χ2v) is 8.22. The molecule has 1 aromatic heterocycles. The number of amidine groups is 1. The molecule has 0 aliphatic rings. The molecule has 2 aromatic carbocycles. The van der Waals surface area contributed by atoms with Crippen molar-refractivity contribution in [3.8, 4) is 11.4 Å². The van der Waals surface area contributed by atoms with E-state index in [0.717, 1.165) is 5.56 Å². The van der Waals surface area contributed by atoms with Gasteiger partial charge in [-0.1, -0.05) is 24.3 Å². The molecule has 0 fully saturated rings. The van der Waals surface area contributed by atoms with Crippen LogP contribution in [0.2, 0.25) is 0 Å². The summed E-state index contributed by atoms with van der Waals surface area (Å²) in [7, 11) is 0. The van der Waals surface area contributed by atoms with Crippen molar-refractivity contribution in [1.29, 1.82) is 5.41 Å². The summed E-state index contributed by atoms with van der Waals surface area (Å²) in [5.74, 6) is -1.57. The van der Waals surface area contributed by atoms with Crippen LogP contribution in [0.1, 0.15) is 35.3 Å². The van der Waals surface area contributed by atoms with Gasteiger partial charge in [0.2, 0.25) is 5.91 Å². The Labute approximate surface area is 201 Å². The van der Waals surface area contributed by atoms with Crippen molar-refractivity contribution in [2.24, 2.45) is 5.73 Å². The number of nitrogen functional groups attached to an aromatic ring is 2. The van der Waals surface area contributed by atoms with Gasteiger partial charge in [-0.3, -0.25) is 19.6 Å². The van der Waals surface area contributed by atoms with E-state index in [2.05, 4.69) is 15.6 Å². The topological polar surface area (TPSA) is 189 Å². The van der Waals surface area contributed by atoms with Crippen molar-refractivity contribution in [2.45, 2.75) is 33.0 Å². The van der Waals surface area contributed by atoms with Gasteiger partial charge in [-0.2, -0.15) is 0 Å². The molecule has 0 radical (unpaired) electrons. The maximum atomic E-state index is 13.2. The van der Waals surface area contributed by atoms with Crippen molar-refractivity contribution >= 4 is 29.1 Å². The summed E-state index contributed by atoms with van der Waals surface area (Å²) in [5, 5.41) is 22.6. The third kappa shape index (κ3) is 6.22. The van der Waals surface area contributed by atoms with Crippen molar-refractivity contribution < 1.29 is 14.7 Å². The van der Waals surface area contributed by atoms with Crippen LogP contribution in [0.15, 0.2) is 53.5 Å². The number of carbonyl (C=O) groups excluding carboxylic acids is 1. The van der Waals surface area contributed by atoms with Gasteiger partial charge < -0.3 is 27.2 Å². The lowest BCUT2D eigenvalue weighted by atomic mass is 10.1. The summed E-state index contributed by atoms with van der Waals surface area (Å²) in [6.07, 6.45) is 1.35. The summed E-state index contributed by atoms with van der Waals surface area (Å²) in [6.45, 7) is 3.56. The SMILES string of the molecule is CC(C)Nc1cnc(-c2cc(N)cc(C(=O)O)c2)n(CC(=O)NCc2ccc(C(=N)N)cc2)c1=O. The molecule has 0 saturated heterocycles. The minimum absolute atomic E-state index is 0.0533. The van der Waals surface area contributed by atoms with E-state index in [1.54, 1.807) is 24.3 Å². The van der Waals surface area contributed by atoms with Crippen LogP contribution in [0, 0.1) is 5.41 Å². The fourth-order valence-electron chi connectivity index (χ4n) is 3.39. The van der Waals surface area contributed by atoms with Crippen LogP contribution < -0.4 is 27.7 Å². The van der Waals surface area contributed by atoms with Gasteiger partial charge >= 0.3 is 5.97 Å². The van der Waals surface area contributed by atoms with E-state index >= 15 is 0 Å². The zero-order valence-corrected chi connectivity index (χ0v) is 19.3. The molecule has 1 heterocycles. The lowest BCUT2D eigenvalue weighted by molar-refractivity contribution is -0.121. The van der Waals surface area contributed by atoms with E-state index in [-0.39, 0.29) is 47.7 Å². The smallest absolute Gasteiger partial charge is 0.335 e. The number of aromatic carboxylic acids is 1. The number of aromatic nitrogens is 2. The Bertz CT molecular complexity index is 1330. The van der Waals surface area contributed by atoms with Crippen molar-refractivity contribution in [3.63, 3.8) is 0 Å². The Morgan fingerprint density at radius 3 is 2.43 bits per heavy atom. The van der Waals surface area contributed by atoms with Crippen molar-refractivity contribution in [3.05, 3.63) is 75.7 Å². The number of carboxylic acid groups (broad SMARTS) is 1. The van der Waals surface area contributed by atoms with E-state index < -0.39 is 17.4 Å². The molecule has 3 rings (SSSR count). The summed E-state index contributed by atoms with van der Waals surface area (Å²) in [5.41, 5.74) is 12.8. The number of carboxylic acids is 1. The average molecular weight is 478 g/mol. The van der Waals surface area contributed by atoms with Gasteiger partial charge in [0.25, 0.3) is 5.56 Å². The number of hydrogen-bond acceptors (Lipinski definition) is 7. The first-order chi connectivity index (χ1) is 16.5. The highest BCUT2D eigenvalue weighted by Gasteiger charge is 2.17. The Kier molecular flexibility index (Phi) is 7.49. The molecule has 182 valence electrons. The van der Waals surface area contributed by atoms with Crippen LogP contribution >= 0.6 is 0 Å². The molecule has 35 heavy (non-hydrogen) atoms. The quantitative estimate of drug-likeness (QED) is 0.152. The van der Waals surface area contributed by atoms with Crippen molar-refractivity contribution in [2.75, 3.05) is 11.1 Å².